The molecule has 0 aliphatic carbocycles. The van der Waals surface area contributed by atoms with E-state index in [4.69, 9.17) is 0 Å². The first kappa shape index (κ1) is 14.3. The van der Waals surface area contributed by atoms with Crippen LogP contribution in [-0.2, 0) is 0 Å². The van der Waals surface area contributed by atoms with Gasteiger partial charge in [0.25, 0.3) is 0 Å². The lowest BCUT2D eigenvalue weighted by atomic mass is 9.98. The number of hydrogen-bond donors (Lipinski definition) is 0. The van der Waals surface area contributed by atoms with Gasteiger partial charge in [0.2, 0.25) is 0 Å². The van der Waals surface area contributed by atoms with Gasteiger partial charge < -0.3 is 4.90 Å². The summed E-state index contributed by atoms with van der Waals surface area (Å²) in [6.07, 6.45) is 6.38. The Kier molecular flexibility index (Phi) is 3.92. The zero-order chi connectivity index (χ0) is 15.5. The molecular weight excluding hydrogens is 270 g/mol. The zero-order valence-electron chi connectivity index (χ0n) is 12.9. The van der Waals surface area contributed by atoms with Gasteiger partial charge in [0.1, 0.15) is 0 Å². The van der Waals surface area contributed by atoms with Crippen molar-refractivity contribution < 1.29 is 4.79 Å². The topological polar surface area (TPSA) is 20.3 Å². The standard InChI is InChI=1S/C20H19NO/c1-15-5-7-17(8-6-15)20(22)18-11-9-16(10-12-18)19-4-3-13-21(2)14-19/h3-12,14H,13H2,1-2H3. The van der Waals surface area contributed by atoms with Crippen molar-refractivity contribution in [3.8, 4) is 0 Å². The minimum atomic E-state index is 0.0665. The van der Waals surface area contributed by atoms with Crippen LogP contribution in [-0.4, -0.2) is 24.3 Å². The van der Waals surface area contributed by atoms with E-state index < -0.39 is 0 Å². The fourth-order valence-electron chi connectivity index (χ4n) is 2.54. The Morgan fingerprint density at radius 2 is 1.55 bits per heavy atom. The largest absolute Gasteiger partial charge is 0.376 e. The van der Waals surface area contributed by atoms with E-state index in [-0.39, 0.29) is 5.78 Å². The first-order chi connectivity index (χ1) is 10.6. The third-order valence-corrected chi connectivity index (χ3v) is 3.84. The van der Waals surface area contributed by atoms with Crippen LogP contribution >= 0.6 is 0 Å². The maximum Gasteiger partial charge on any atom is 0.193 e. The van der Waals surface area contributed by atoms with E-state index in [2.05, 4.69) is 30.3 Å². The molecule has 0 saturated heterocycles. The molecule has 110 valence electrons. The van der Waals surface area contributed by atoms with E-state index >= 15 is 0 Å². The molecule has 1 heterocycles. The van der Waals surface area contributed by atoms with Gasteiger partial charge in [0, 0.05) is 30.9 Å². The number of benzene rings is 2. The van der Waals surface area contributed by atoms with Gasteiger partial charge in [0.15, 0.2) is 5.78 Å². The quantitative estimate of drug-likeness (QED) is 0.794. The van der Waals surface area contributed by atoms with E-state index in [1.54, 1.807) is 0 Å². The summed E-state index contributed by atoms with van der Waals surface area (Å²) in [4.78, 5) is 14.6. The summed E-state index contributed by atoms with van der Waals surface area (Å²) in [6, 6.07) is 15.5. The Morgan fingerprint density at radius 1 is 0.955 bits per heavy atom. The molecule has 1 aliphatic rings. The van der Waals surface area contributed by atoms with E-state index in [0.717, 1.165) is 28.8 Å². The summed E-state index contributed by atoms with van der Waals surface area (Å²) in [7, 11) is 2.05. The van der Waals surface area contributed by atoms with Gasteiger partial charge in [-0.05, 0) is 18.1 Å². The van der Waals surface area contributed by atoms with Crippen LogP contribution in [0, 0.1) is 6.92 Å². The number of aryl methyl sites for hydroxylation is 1. The second-order valence-electron chi connectivity index (χ2n) is 5.70. The molecule has 0 amide bonds. The molecule has 0 saturated carbocycles. The normalized spacial score (nSPS) is 13.9. The molecule has 0 atom stereocenters. The molecule has 2 nitrogen and oxygen atoms in total. The van der Waals surface area contributed by atoms with Gasteiger partial charge in [-0.1, -0.05) is 66.2 Å². The van der Waals surface area contributed by atoms with Crippen LogP contribution in [0.1, 0.15) is 27.0 Å². The highest BCUT2D eigenvalue weighted by molar-refractivity contribution is 6.09. The Bertz CT molecular complexity index is 736. The van der Waals surface area contributed by atoms with Crippen LogP contribution < -0.4 is 0 Å². The van der Waals surface area contributed by atoms with Crippen molar-refractivity contribution in [3.05, 3.63) is 89.1 Å². The van der Waals surface area contributed by atoms with Crippen LogP contribution in [0.25, 0.3) is 5.57 Å². The van der Waals surface area contributed by atoms with Gasteiger partial charge in [-0.25, -0.2) is 0 Å². The molecule has 3 rings (SSSR count). The minimum absolute atomic E-state index is 0.0665. The summed E-state index contributed by atoms with van der Waals surface area (Å²) in [5.41, 5.74) is 4.91. The number of nitrogens with zero attached hydrogens (tertiary/aromatic N) is 1. The highest BCUT2D eigenvalue weighted by atomic mass is 16.1. The lowest BCUT2D eigenvalue weighted by Crippen LogP contribution is -2.13. The summed E-state index contributed by atoms with van der Waals surface area (Å²) < 4.78 is 0. The van der Waals surface area contributed by atoms with Gasteiger partial charge in [-0.2, -0.15) is 0 Å². The molecule has 0 radical (unpaired) electrons. The zero-order valence-corrected chi connectivity index (χ0v) is 12.9. The van der Waals surface area contributed by atoms with E-state index in [1.807, 2.05) is 55.5 Å². The van der Waals surface area contributed by atoms with Gasteiger partial charge >= 0.3 is 0 Å². The molecule has 2 aromatic carbocycles. The SMILES string of the molecule is Cc1ccc(C(=O)c2ccc(C3=CN(C)CC=C3)cc2)cc1. The van der Waals surface area contributed by atoms with Crippen molar-refractivity contribution in [3.63, 3.8) is 0 Å². The third kappa shape index (κ3) is 3.01. The lowest BCUT2D eigenvalue weighted by Gasteiger charge is -2.18. The summed E-state index contributed by atoms with van der Waals surface area (Å²) in [5.74, 6) is 0.0665. The molecule has 0 bridgehead atoms. The molecule has 0 spiro atoms. The maximum absolute atomic E-state index is 12.5. The van der Waals surface area contributed by atoms with Crippen molar-refractivity contribution in [2.45, 2.75) is 6.92 Å². The number of likely N-dealkylation sites (N-methyl/N-ethyl adjacent to an activating group) is 1. The van der Waals surface area contributed by atoms with Crippen LogP contribution in [0.4, 0.5) is 0 Å². The van der Waals surface area contributed by atoms with Crippen molar-refractivity contribution in [2.24, 2.45) is 0 Å². The van der Waals surface area contributed by atoms with Crippen LogP contribution in [0.3, 0.4) is 0 Å². The molecule has 22 heavy (non-hydrogen) atoms. The molecular formula is C20H19NO. The van der Waals surface area contributed by atoms with E-state index in [0.29, 0.717) is 0 Å². The van der Waals surface area contributed by atoms with Crippen LogP contribution in [0.15, 0.2) is 66.9 Å². The minimum Gasteiger partial charge on any atom is -0.376 e. The fraction of sp³-hybridized carbons (Fsp3) is 0.150. The van der Waals surface area contributed by atoms with Crippen molar-refractivity contribution in [1.82, 2.24) is 4.90 Å². The highest BCUT2D eigenvalue weighted by Crippen LogP contribution is 2.21. The number of hydrogen-bond acceptors (Lipinski definition) is 2. The smallest absolute Gasteiger partial charge is 0.193 e. The monoisotopic (exact) mass is 289 g/mol. The van der Waals surface area contributed by atoms with E-state index in [1.165, 1.54) is 5.57 Å². The predicted molar refractivity (Wildman–Crippen MR) is 90.8 cm³/mol. The van der Waals surface area contributed by atoms with Gasteiger partial charge in [-0.15, -0.1) is 0 Å². The van der Waals surface area contributed by atoms with Crippen molar-refractivity contribution in [2.75, 3.05) is 13.6 Å². The van der Waals surface area contributed by atoms with Gasteiger partial charge in [-0.3, -0.25) is 4.79 Å². The Morgan fingerprint density at radius 3 is 2.14 bits per heavy atom. The van der Waals surface area contributed by atoms with Crippen LogP contribution in [0.5, 0.6) is 0 Å². The molecule has 0 N–H and O–H groups in total. The Balaban J connectivity index is 1.84. The molecule has 2 heteroatoms. The number of ketones is 1. The second kappa shape index (κ2) is 6.02. The second-order valence-corrected chi connectivity index (χ2v) is 5.70. The van der Waals surface area contributed by atoms with E-state index in [9.17, 15) is 4.79 Å². The molecule has 0 fully saturated rings. The Hall–Kier alpha value is -2.61. The summed E-state index contributed by atoms with van der Waals surface area (Å²) in [6.45, 7) is 2.96. The average molecular weight is 289 g/mol. The van der Waals surface area contributed by atoms with Crippen molar-refractivity contribution in [1.29, 1.82) is 0 Å². The summed E-state index contributed by atoms with van der Waals surface area (Å²) >= 11 is 0. The van der Waals surface area contributed by atoms with Gasteiger partial charge in [0.05, 0.1) is 0 Å². The maximum atomic E-state index is 12.5. The molecule has 2 aromatic rings. The van der Waals surface area contributed by atoms with Crippen LogP contribution in [0.2, 0.25) is 0 Å². The predicted octanol–water partition coefficient (Wildman–Crippen LogP) is 4.07. The number of rotatable bonds is 3. The number of carbonyl (C=O) groups is 1. The first-order valence-electron chi connectivity index (χ1n) is 7.44. The lowest BCUT2D eigenvalue weighted by molar-refractivity contribution is 0.103. The van der Waals surface area contributed by atoms with Crippen molar-refractivity contribution >= 4 is 11.4 Å². The molecule has 0 aromatic heterocycles. The average Bonchev–Trinajstić information content (AvgIpc) is 2.55. The number of allylic oxidation sites excluding steroid dienone is 2. The number of carbonyl (C=O) groups excluding carboxylic acids is 1. The first-order valence-corrected chi connectivity index (χ1v) is 7.44. The Labute approximate surface area is 131 Å². The highest BCUT2D eigenvalue weighted by Gasteiger charge is 2.10. The molecule has 1 aliphatic heterocycles. The fourth-order valence-corrected chi connectivity index (χ4v) is 2.54. The summed E-state index contributed by atoms with van der Waals surface area (Å²) in [5, 5.41) is 0. The molecule has 0 unspecified atom stereocenters. The third-order valence-electron chi connectivity index (χ3n) is 3.84.